The van der Waals surface area contributed by atoms with E-state index in [9.17, 15) is 4.79 Å². The van der Waals surface area contributed by atoms with E-state index in [4.69, 9.17) is 4.74 Å². The van der Waals surface area contributed by atoms with Crippen LogP contribution in [-0.2, 0) is 4.74 Å². The number of tetrazole rings is 1. The van der Waals surface area contributed by atoms with Gasteiger partial charge in [0, 0.05) is 37.8 Å². The van der Waals surface area contributed by atoms with E-state index in [1.807, 2.05) is 25.1 Å². The second-order valence-electron chi connectivity index (χ2n) is 8.03. The third-order valence-electron chi connectivity index (χ3n) is 5.64. The number of nitrogens with zero attached hydrogens (tertiary/aromatic N) is 6. The minimum atomic E-state index is 0.114. The standard InChI is InChI=1S/C20H28N6O2/c1-14-9-17(6-7-19(14)26-13-21-22-23-26)20(27)25-8-4-5-18(25)12-24-10-15(2)28-16(3)11-24/h6-7,9,13,15-16,18H,4-5,8,10-12H2,1-3H3. The van der Waals surface area contributed by atoms with Gasteiger partial charge in [0.1, 0.15) is 6.33 Å². The fourth-order valence-electron chi connectivity index (χ4n) is 4.51. The number of rotatable bonds is 4. The van der Waals surface area contributed by atoms with Crippen LogP contribution in [0.15, 0.2) is 24.5 Å². The number of ether oxygens (including phenoxy) is 1. The van der Waals surface area contributed by atoms with Gasteiger partial charge in [0.2, 0.25) is 0 Å². The van der Waals surface area contributed by atoms with E-state index in [0.29, 0.717) is 0 Å². The smallest absolute Gasteiger partial charge is 0.254 e. The molecule has 3 unspecified atom stereocenters. The molecule has 2 aromatic rings. The van der Waals surface area contributed by atoms with Crippen molar-refractivity contribution in [3.63, 3.8) is 0 Å². The van der Waals surface area contributed by atoms with Crippen molar-refractivity contribution < 1.29 is 9.53 Å². The Morgan fingerprint density at radius 2 is 2.04 bits per heavy atom. The van der Waals surface area contributed by atoms with Crippen LogP contribution in [0, 0.1) is 6.92 Å². The highest BCUT2D eigenvalue weighted by molar-refractivity contribution is 5.95. The molecule has 0 aliphatic carbocycles. The molecule has 1 aromatic carbocycles. The number of benzene rings is 1. The number of carbonyl (C=O) groups excluding carboxylic acids is 1. The maximum absolute atomic E-state index is 13.2. The lowest BCUT2D eigenvalue weighted by molar-refractivity contribution is -0.0715. The van der Waals surface area contributed by atoms with E-state index in [-0.39, 0.29) is 24.2 Å². The first-order valence-corrected chi connectivity index (χ1v) is 10.0. The maximum atomic E-state index is 13.2. The first-order valence-electron chi connectivity index (χ1n) is 10.0. The van der Waals surface area contributed by atoms with Crippen LogP contribution in [0.1, 0.15) is 42.6 Å². The topological polar surface area (TPSA) is 76.4 Å². The van der Waals surface area contributed by atoms with Crippen LogP contribution in [0.2, 0.25) is 0 Å². The number of morpholine rings is 1. The molecule has 1 aromatic heterocycles. The highest BCUT2D eigenvalue weighted by Gasteiger charge is 2.33. The molecule has 8 nitrogen and oxygen atoms in total. The minimum absolute atomic E-state index is 0.114. The Hall–Kier alpha value is -2.32. The first kappa shape index (κ1) is 19.0. The van der Waals surface area contributed by atoms with E-state index < -0.39 is 0 Å². The Morgan fingerprint density at radius 3 is 2.71 bits per heavy atom. The third kappa shape index (κ3) is 3.93. The normalized spacial score (nSPS) is 26.0. The number of likely N-dealkylation sites (tertiary alicyclic amines) is 1. The Balaban J connectivity index is 1.47. The van der Waals surface area contributed by atoms with Gasteiger partial charge in [0.25, 0.3) is 5.91 Å². The van der Waals surface area contributed by atoms with Crippen LogP contribution < -0.4 is 0 Å². The third-order valence-corrected chi connectivity index (χ3v) is 5.64. The maximum Gasteiger partial charge on any atom is 0.254 e. The average molecular weight is 384 g/mol. The average Bonchev–Trinajstić information content (AvgIpc) is 3.32. The van der Waals surface area contributed by atoms with Crippen molar-refractivity contribution in [2.45, 2.75) is 51.9 Å². The van der Waals surface area contributed by atoms with Gasteiger partial charge in [-0.25, -0.2) is 4.68 Å². The van der Waals surface area contributed by atoms with Gasteiger partial charge in [-0.1, -0.05) is 0 Å². The van der Waals surface area contributed by atoms with Crippen LogP contribution in [0.3, 0.4) is 0 Å². The van der Waals surface area contributed by atoms with Gasteiger partial charge in [-0.2, -0.15) is 0 Å². The van der Waals surface area contributed by atoms with Crippen molar-refractivity contribution in [1.29, 1.82) is 0 Å². The molecule has 3 heterocycles. The number of aryl methyl sites for hydroxylation is 1. The first-order chi connectivity index (χ1) is 13.5. The molecular weight excluding hydrogens is 356 g/mol. The molecule has 2 saturated heterocycles. The molecule has 2 aliphatic rings. The summed E-state index contributed by atoms with van der Waals surface area (Å²) in [5.41, 5.74) is 2.59. The zero-order valence-electron chi connectivity index (χ0n) is 16.8. The molecular formula is C20H28N6O2. The van der Waals surface area contributed by atoms with Crippen LogP contribution in [-0.4, -0.2) is 80.3 Å². The van der Waals surface area contributed by atoms with Crippen molar-refractivity contribution in [1.82, 2.24) is 30.0 Å². The molecule has 0 spiro atoms. The fourth-order valence-corrected chi connectivity index (χ4v) is 4.51. The lowest BCUT2D eigenvalue weighted by Crippen LogP contribution is -2.50. The molecule has 2 aliphatic heterocycles. The molecule has 4 rings (SSSR count). The monoisotopic (exact) mass is 384 g/mol. The predicted octanol–water partition coefficient (Wildman–Crippen LogP) is 1.68. The van der Waals surface area contributed by atoms with Crippen molar-refractivity contribution in [3.8, 4) is 5.69 Å². The van der Waals surface area contributed by atoms with E-state index in [2.05, 4.69) is 39.2 Å². The number of hydrogen-bond acceptors (Lipinski definition) is 6. The number of carbonyl (C=O) groups is 1. The number of amides is 1. The largest absolute Gasteiger partial charge is 0.373 e. The van der Waals surface area contributed by atoms with Gasteiger partial charge in [-0.05, 0) is 67.8 Å². The molecule has 0 bridgehead atoms. The second kappa shape index (κ2) is 7.97. The number of hydrogen-bond donors (Lipinski definition) is 0. The van der Waals surface area contributed by atoms with Crippen LogP contribution in [0.5, 0.6) is 0 Å². The summed E-state index contributed by atoms with van der Waals surface area (Å²) in [5, 5.41) is 11.3. The summed E-state index contributed by atoms with van der Waals surface area (Å²) in [7, 11) is 0. The van der Waals surface area contributed by atoms with Crippen molar-refractivity contribution in [2.75, 3.05) is 26.2 Å². The van der Waals surface area contributed by atoms with Gasteiger partial charge in [0.05, 0.1) is 17.9 Å². The zero-order valence-corrected chi connectivity index (χ0v) is 16.8. The lowest BCUT2D eigenvalue weighted by Gasteiger charge is -2.38. The van der Waals surface area contributed by atoms with E-state index in [1.54, 1.807) is 11.0 Å². The lowest BCUT2D eigenvalue weighted by atomic mass is 10.1. The van der Waals surface area contributed by atoms with Gasteiger partial charge in [-0.15, -0.1) is 5.10 Å². The van der Waals surface area contributed by atoms with Gasteiger partial charge >= 0.3 is 0 Å². The molecule has 28 heavy (non-hydrogen) atoms. The van der Waals surface area contributed by atoms with Gasteiger partial charge in [-0.3, -0.25) is 9.69 Å². The molecule has 0 radical (unpaired) electrons. The molecule has 0 saturated carbocycles. The van der Waals surface area contributed by atoms with Crippen molar-refractivity contribution >= 4 is 5.91 Å². The van der Waals surface area contributed by atoms with Crippen molar-refractivity contribution in [3.05, 3.63) is 35.7 Å². The van der Waals surface area contributed by atoms with E-state index >= 15 is 0 Å². The molecule has 0 N–H and O–H groups in total. The van der Waals surface area contributed by atoms with Gasteiger partial charge < -0.3 is 9.64 Å². The van der Waals surface area contributed by atoms with Crippen molar-refractivity contribution in [2.24, 2.45) is 0 Å². The van der Waals surface area contributed by atoms with Gasteiger partial charge in [0.15, 0.2) is 0 Å². The molecule has 1 amide bonds. The highest BCUT2D eigenvalue weighted by Crippen LogP contribution is 2.24. The summed E-state index contributed by atoms with van der Waals surface area (Å²) in [4.78, 5) is 17.7. The highest BCUT2D eigenvalue weighted by atomic mass is 16.5. The minimum Gasteiger partial charge on any atom is -0.373 e. The van der Waals surface area contributed by atoms with E-state index in [0.717, 1.165) is 55.8 Å². The molecule has 3 atom stereocenters. The Kier molecular flexibility index (Phi) is 5.41. The Labute approximate surface area is 165 Å². The van der Waals surface area contributed by atoms with Crippen LogP contribution >= 0.6 is 0 Å². The molecule has 8 heteroatoms. The number of aromatic nitrogens is 4. The Bertz CT molecular complexity index is 814. The second-order valence-corrected chi connectivity index (χ2v) is 8.03. The fraction of sp³-hybridized carbons (Fsp3) is 0.600. The SMILES string of the molecule is Cc1cc(C(=O)N2CCCC2CN2CC(C)OC(C)C2)ccc1-n1cnnn1. The van der Waals surface area contributed by atoms with Crippen LogP contribution in [0.4, 0.5) is 0 Å². The molecule has 150 valence electrons. The zero-order chi connectivity index (χ0) is 19.7. The molecule has 2 fully saturated rings. The van der Waals surface area contributed by atoms with E-state index in [1.165, 1.54) is 0 Å². The van der Waals surface area contributed by atoms with Crippen LogP contribution in [0.25, 0.3) is 5.69 Å². The Morgan fingerprint density at radius 1 is 1.25 bits per heavy atom. The summed E-state index contributed by atoms with van der Waals surface area (Å²) in [6.45, 7) is 9.83. The summed E-state index contributed by atoms with van der Waals surface area (Å²) >= 11 is 0. The quantitative estimate of drug-likeness (QED) is 0.798. The summed E-state index contributed by atoms with van der Waals surface area (Å²) in [6, 6.07) is 5.99. The summed E-state index contributed by atoms with van der Waals surface area (Å²) in [5.74, 6) is 0.114. The summed E-state index contributed by atoms with van der Waals surface area (Å²) in [6.07, 6.45) is 4.18. The summed E-state index contributed by atoms with van der Waals surface area (Å²) < 4.78 is 7.46. The predicted molar refractivity (Wildman–Crippen MR) is 104 cm³/mol.